The number of hydrogen-bond donors (Lipinski definition) is 0. The summed E-state index contributed by atoms with van der Waals surface area (Å²) in [7, 11) is 1.38. The van der Waals surface area contributed by atoms with E-state index in [0.29, 0.717) is 11.3 Å². The van der Waals surface area contributed by atoms with Crippen molar-refractivity contribution in [3.63, 3.8) is 0 Å². The number of rotatable bonds is 3. The van der Waals surface area contributed by atoms with Crippen molar-refractivity contribution in [2.45, 2.75) is 20.8 Å². The Morgan fingerprint density at radius 3 is 2.33 bits per heavy atom. The van der Waals surface area contributed by atoms with Gasteiger partial charge in [-0.05, 0) is 38.0 Å². The Balaban J connectivity index is 2.69. The summed E-state index contributed by atoms with van der Waals surface area (Å²) in [5, 5.41) is 0. The second kappa shape index (κ2) is 5.92. The van der Waals surface area contributed by atoms with Gasteiger partial charge < -0.3 is 4.74 Å². The fourth-order valence-electron chi connectivity index (χ4n) is 2.14. The van der Waals surface area contributed by atoms with Gasteiger partial charge in [-0.2, -0.15) is 0 Å². The Labute approximate surface area is 125 Å². The number of benzene rings is 1. The van der Waals surface area contributed by atoms with Crippen molar-refractivity contribution in [2.75, 3.05) is 7.11 Å². The summed E-state index contributed by atoms with van der Waals surface area (Å²) in [5.74, 6) is -0.356. The first-order valence-corrected chi connectivity index (χ1v) is 6.77. The molecule has 0 saturated carbocycles. The predicted octanol–water partition coefficient (Wildman–Crippen LogP) is 4.19. The lowest BCUT2D eigenvalue weighted by Crippen LogP contribution is -2.07. The molecule has 2 aromatic rings. The number of hydrogen-bond acceptors (Lipinski definition) is 3. The van der Waals surface area contributed by atoms with Crippen LogP contribution in [0, 0.1) is 13.8 Å². The zero-order valence-electron chi connectivity index (χ0n) is 12.9. The smallest absolute Gasteiger partial charge is 0.338 e. The molecule has 0 fully saturated rings. The highest BCUT2D eigenvalue weighted by molar-refractivity contribution is 5.93. The van der Waals surface area contributed by atoms with Gasteiger partial charge in [0.1, 0.15) is 0 Å². The standard InChI is InChI=1S/C18H19NO2/c1-11(2)16-10-15(18(20)21-5)13(4)17(19-16)14-8-6-12(3)7-9-14/h6-10H,1H2,2-5H3. The zero-order chi connectivity index (χ0) is 15.6. The third kappa shape index (κ3) is 3.02. The van der Waals surface area contributed by atoms with Gasteiger partial charge in [0.05, 0.1) is 24.1 Å². The Kier molecular flexibility index (Phi) is 4.22. The van der Waals surface area contributed by atoms with Crippen LogP contribution in [0.15, 0.2) is 36.9 Å². The number of aromatic nitrogens is 1. The fourth-order valence-corrected chi connectivity index (χ4v) is 2.14. The van der Waals surface area contributed by atoms with Crippen molar-refractivity contribution in [1.82, 2.24) is 4.98 Å². The first-order chi connectivity index (χ1) is 9.93. The van der Waals surface area contributed by atoms with Gasteiger partial charge in [0.15, 0.2) is 0 Å². The third-order valence-electron chi connectivity index (χ3n) is 3.44. The lowest BCUT2D eigenvalue weighted by atomic mass is 9.99. The Hall–Kier alpha value is -2.42. The SMILES string of the molecule is C=C(C)c1cc(C(=O)OC)c(C)c(-c2ccc(C)cc2)n1. The molecule has 0 amide bonds. The number of carbonyl (C=O) groups excluding carboxylic acids is 1. The van der Waals surface area contributed by atoms with E-state index < -0.39 is 0 Å². The van der Waals surface area contributed by atoms with Gasteiger partial charge in [0.25, 0.3) is 0 Å². The number of esters is 1. The molecular formula is C18H19NO2. The molecule has 3 nitrogen and oxygen atoms in total. The van der Waals surface area contributed by atoms with E-state index in [0.717, 1.165) is 22.4 Å². The van der Waals surface area contributed by atoms with Crippen LogP contribution in [0.2, 0.25) is 0 Å². The lowest BCUT2D eigenvalue weighted by molar-refractivity contribution is 0.0600. The van der Waals surface area contributed by atoms with E-state index in [4.69, 9.17) is 4.74 Å². The maximum atomic E-state index is 12.0. The molecule has 21 heavy (non-hydrogen) atoms. The van der Waals surface area contributed by atoms with Gasteiger partial charge in [-0.1, -0.05) is 36.4 Å². The highest BCUT2D eigenvalue weighted by Gasteiger charge is 2.17. The van der Waals surface area contributed by atoms with Gasteiger partial charge in [-0.25, -0.2) is 9.78 Å². The second-order valence-electron chi connectivity index (χ2n) is 5.17. The van der Waals surface area contributed by atoms with Crippen LogP contribution in [-0.2, 0) is 4.74 Å². The topological polar surface area (TPSA) is 39.2 Å². The number of nitrogens with zero attached hydrogens (tertiary/aromatic N) is 1. The molecule has 0 radical (unpaired) electrons. The zero-order valence-corrected chi connectivity index (χ0v) is 12.9. The van der Waals surface area contributed by atoms with Gasteiger partial charge in [-0.15, -0.1) is 0 Å². The molecule has 0 atom stereocenters. The number of ether oxygens (including phenoxy) is 1. The monoisotopic (exact) mass is 281 g/mol. The first-order valence-electron chi connectivity index (χ1n) is 6.77. The molecule has 108 valence electrons. The maximum Gasteiger partial charge on any atom is 0.338 e. The Morgan fingerprint density at radius 1 is 1.19 bits per heavy atom. The minimum atomic E-state index is -0.356. The van der Waals surface area contributed by atoms with Crippen molar-refractivity contribution in [3.05, 3.63) is 59.3 Å². The first kappa shape index (κ1) is 15.0. The van der Waals surface area contributed by atoms with Crippen LogP contribution in [0.3, 0.4) is 0 Å². The van der Waals surface area contributed by atoms with Gasteiger partial charge in [0, 0.05) is 5.56 Å². The minimum Gasteiger partial charge on any atom is -0.465 e. The second-order valence-corrected chi connectivity index (χ2v) is 5.17. The summed E-state index contributed by atoms with van der Waals surface area (Å²) >= 11 is 0. The van der Waals surface area contributed by atoms with Crippen LogP contribution in [0.4, 0.5) is 0 Å². The molecular weight excluding hydrogens is 262 g/mol. The van der Waals surface area contributed by atoms with Crippen LogP contribution < -0.4 is 0 Å². The van der Waals surface area contributed by atoms with E-state index >= 15 is 0 Å². The fraction of sp³-hybridized carbons (Fsp3) is 0.222. The van der Waals surface area contributed by atoms with Crippen LogP contribution in [0.25, 0.3) is 16.8 Å². The Bertz CT molecular complexity index is 700. The molecule has 0 spiro atoms. The molecule has 0 aliphatic carbocycles. The predicted molar refractivity (Wildman–Crippen MR) is 85.2 cm³/mol. The van der Waals surface area contributed by atoms with Gasteiger partial charge in [-0.3, -0.25) is 0 Å². The molecule has 1 aromatic carbocycles. The highest BCUT2D eigenvalue weighted by Crippen LogP contribution is 2.27. The average molecular weight is 281 g/mol. The van der Waals surface area contributed by atoms with E-state index in [9.17, 15) is 4.79 Å². The Morgan fingerprint density at radius 2 is 1.81 bits per heavy atom. The summed E-state index contributed by atoms with van der Waals surface area (Å²) in [4.78, 5) is 16.6. The average Bonchev–Trinajstić information content (AvgIpc) is 2.47. The number of methoxy groups -OCH3 is 1. The van der Waals surface area contributed by atoms with Crippen molar-refractivity contribution in [2.24, 2.45) is 0 Å². The van der Waals surface area contributed by atoms with E-state index in [1.165, 1.54) is 12.7 Å². The van der Waals surface area contributed by atoms with Crippen molar-refractivity contribution in [1.29, 1.82) is 0 Å². The summed E-state index contributed by atoms with van der Waals surface area (Å²) in [5.41, 5.74) is 5.81. The van der Waals surface area contributed by atoms with Crippen LogP contribution in [-0.4, -0.2) is 18.1 Å². The number of aryl methyl sites for hydroxylation is 1. The molecule has 0 bridgehead atoms. The van der Waals surface area contributed by atoms with Crippen LogP contribution >= 0.6 is 0 Å². The van der Waals surface area contributed by atoms with Crippen molar-refractivity contribution >= 4 is 11.5 Å². The normalized spacial score (nSPS) is 10.3. The third-order valence-corrected chi connectivity index (χ3v) is 3.44. The van der Waals surface area contributed by atoms with Gasteiger partial charge >= 0.3 is 5.97 Å². The maximum absolute atomic E-state index is 12.0. The number of allylic oxidation sites excluding steroid dienone is 1. The molecule has 1 aromatic heterocycles. The van der Waals surface area contributed by atoms with Crippen LogP contribution in [0.1, 0.15) is 34.1 Å². The molecule has 3 heteroatoms. The largest absolute Gasteiger partial charge is 0.465 e. The molecule has 0 N–H and O–H groups in total. The van der Waals surface area contributed by atoms with Gasteiger partial charge in [0.2, 0.25) is 0 Å². The molecule has 0 aliphatic heterocycles. The molecule has 2 rings (SSSR count). The molecule has 0 unspecified atom stereocenters. The molecule has 0 saturated heterocycles. The number of pyridine rings is 1. The van der Waals surface area contributed by atoms with E-state index in [2.05, 4.69) is 11.6 Å². The molecule has 1 heterocycles. The van der Waals surface area contributed by atoms with Crippen LogP contribution in [0.5, 0.6) is 0 Å². The highest BCUT2D eigenvalue weighted by atomic mass is 16.5. The van der Waals surface area contributed by atoms with E-state index in [1.54, 1.807) is 6.07 Å². The summed E-state index contributed by atoms with van der Waals surface area (Å²) < 4.78 is 4.87. The number of carbonyl (C=O) groups is 1. The van der Waals surface area contributed by atoms with E-state index in [-0.39, 0.29) is 5.97 Å². The minimum absolute atomic E-state index is 0.356. The summed E-state index contributed by atoms with van der Waals surface area (Å²) in [6.07, 6.45) is 0. The van der Waals surface area contributed by atoms with E-state index in [1.807, 2.05) is 45.0 Å². The quantitative estimate of drug-likeness (QED) is 0.792. The summed E-state index contributed by atoms with van der Waals surface area (Å²) in [6.45, 7) is 9.71. The molecule has 0 aliphatic rings. The van der Waals surface area contributed by atoms with Crippen molar-refractivity contribution in [3.8, 4) is 11.3 Å². The van der Waals surface area contributed by atoms with Crippen molar-refractivity contribution < 1.29 is 9.53 Å². The summed E-state index contributed by atoms with van der Waals surface area (Å²) in [6, 6.07) is 9.81. The lowest BCUT2D eigenvalue weighted by Gasteiger charge is -2.13.